The predicted octanol–water partition coefficient (Wildman–Crippen LogP) is 5.02. The molecule has 0 aromatic heterocycles. The molecule has 3 rings (SSSR count). The lowest BCUT2D eigenvalue weighted by Gasteiger charge is -2.09. The van der Waals surface area contributed by atoms with E-state index in [1.54, 1.807) is 6.07 Å². The Morgan fingerprint density at radius 3 is 1.61 bits per heavy atom. The van der Waals surface area contributed by atoms with E-state index < -0.39 is 0 Å². The van der Waals surface area contributed by atoms with E-state index >= 15 is 0 Å². The van der Waals surface area contributed by atoms with Gasteiger partial charge in [0.05, 0.1) is 1.37 Å². The van der Waals surface area contributed by atoms with Gasteiger partial charge in [-0.1, -0.05) is 84.9 Å². The summed E-state index contributed by atoms with van der Waals surface area (Å²) in [5.41, 5.74) is 4.66. The molecular formula is C18H14. The molecule has 86 valence electrons. The Hall–Kier alpha value is -2.34. The molecule has 0 saturated carbocycles. The standard InChI is InChI=1S/C18H14/c1-3-9-15(10-4-1)17-13-7-8-14-18(17)16-11-5-2-6-12-16/h1-14H/i3D. The topological polar surface area (TPSA) is 0 Å². The van der Waals surface area contributed by atoms with Crippen LogP contribution >= 0.6 is 0 Å². The van der Waals surface area contributed by atoms with Gasteiger partial charge < -0.3 is 0 Å². The van der Waals surface area contributed by atoms with Crippen LogP contribution in [0.1, 0.15) is 1.37 Å². The molecule has 3 aromatic rings. The van der Waals surface area contributed by atoms with Gasteiger partial charge in [0.2, 0.25) is 0 Å². The monoisotopic (exact) mass is 231 g/mol. The van der Waals surface area contributed by atoms with Crippen molar-refractivity contribution in [2.24, 2.45) is 0 Å². The van der Waals surface area contributed by atoms with Gasteiger partial charge in [0.1, 0.15) is 0 Å². The lowest BCUT2D eigenvalue weighted by molar-refractivity contribution is 1.58. The van der Waals surface area contributed by atoms with Crippen LogP contribution in [0.4, 0.5) is 0 Å². The van der Waals surface area contributed by atoms with E-state index in [4.69, 9.17) is 1.37 Å². The second-order valence-corrected chi connectivity index (χ2v) is 4.20. The smallest absolute Gasteiger partial charge is 0.0622 e. The first-order valence-electron chi connectivity index (χ1n) is 6.56. The summed E-state index contributed by atoms with van der Waals surface area (Å²) in [4.78, 5) is 0. The van der Waals surface area contributed by atoms with Crippen molar-refractivity contribution in [3.8, 4) is 22.3 Å². The van der Waals surface area contributed by atoms with Crippen molar-refractivity contribution in [1.82, 2.24) is 0 Å². The van der Waals surface area contributed by atoms with Crippen molar-refractivity contribution in [2.75, 3.05) is 0 Å². The Kier molecular flexibility index (Phi) is 2.62. The molecule has 0 N–H and O–H groups in total. The first-order chi connectivity index (χ1) is 9.34. The predicted molar refractivity (Wildman–Crippen MR) is 77.3 cm³/mol. The van der Waals surface area contributed by atoms with Gasteiger partial charge in [-0.2, -0.15) is 0 Å². The molecule has 0 amide bonds. The summed E-state index contributed by atoms with van der Waals surface area (Å²) in [5.74, 6) is 0. The number of benzene rings is 3. The first-order valence-corrected chi connectivity index (χ1v) is 6.06. The number of rotatable bonds is 2. The summed E-state index contributed by atoms with van der Waals surface area (Å²) in [6, 6.07) is 26.9. The molecule has 0 heterocycles. The summed E-state index contributed by atoms with van der Waals surface area (Å²) in [6.07, 6.45) is 0. The fraction of sp³-hybridized carbons (Fsp3) is 0. The lowest BCUT2D eigenvalue weighted by Crippen LogP contribution is -1.83. The van der Waals surface area contributed by atoms with E-state index in [0.717, 1.165) is 5.56 Å². The fourth-order valence-electron chi connectivity index (χ4n) is 2.17. The lowest BCUT2D eigenvalue weighted by atomic mass is 9.95. The van der Waals surface area contributed by atoms with E-state index in [0.29, 0.717) is 6.04 Å². The molecule has 0 aliphatic rings. The van der Waals surface area contributed by atoms with E-state index in [9.17, 15) is 0 Å². The average molecular weight is 231 g/mol. The Bertz CT molecular complexity index is 687. The molecule has 0 bridgehead atoms. The molecule has 0 spiro atoms. The molecule has 0 heteroatoms. The van der Waals surface area contributed by atoms with Crippen molar-refractivity contribution in [1.29, 1.82) is 0 Å². The van der Waals surface area contributed by atoms with E-state index in [1.807, 2.05) is 36.4 Å². The van der Waals surface area contributed by atoms with Crippen LogP contribution in [0, 0.1) is 0 Å². The van der Waals surface area contributed by atoms with Gasteiger partial charge in [-0.25, -0.2) is 0 Å². The molecule has 0 fully saturated rings. The van der Waals surface area contributed by atoms with Crippen LogP contribution in [-0.4, -0.2) is 0 Å². The van der Waals surface area contributed by atoms with Crippen molar-refractivity contribution >= 4 is 0 Å². The summed E-state index contributed by atoms with van der Waals surface area (Å²) in [5, 5.41) is 0. The highest BCUT2D eigenvalue weighted by Gasteiger charge is 2.05. The van der Waals surface area contributed by atoms with Crippen LogP contribution in [0.2, 0.25) is 0 Å². The van der Waals surface area contributed by atoms with Crippen LogP contribution in [0.5, 0.6) is 0 Å². The minimum absolute atomic E-state index is 0.542. The Morgan fingerprint density at radius 1 is 0.500 bits per heavy atom. The maximum Gasteiger partial charge on any atom is 0.0623 e. The molecule has 18 heavy (non-hydrogen) atoms. The third-order valence-electron chi connectivity index (χ3n) is 3.03. The van der Waals surface area contributed by atoms with Gasteiger partial charge >= 0.3 is 0 Å². The molecule has 0 aliphatic heterocycles. The normalized spacial score (nSPS) is 11.0. The van der Waals surface area contributed by atoms with Crippen LogP contribution in [-0.2, 0) is 0 Å². The van der Waals surface area contributed by atoms with Gasteiger partial charge in [-0.15, -0.1) is 0 Å². The highest BCUT2D eigenvalue weighted by atomic mass is 14.1. The zero-order chi connectivity index (χ0) is 13.1. The van der Waals surface area contributed by atoms with Crippen LogP contribution in [0.3, 0.4) is 0 Å². The van der Waals surface area contributed by atoms with E-state index in [1.165, 1.54) is 16.7 Å². The first kappa shape index (κ1) is 9.67. The maximum atomic E-state index is 7.76. The van der Waals surface area contributed by atoms with Crippen molar-refractivity contribution in [3.05, 3.63) is 84.9 Å². The summed E-state index contributed by atoms with van der Waals surface area (Å²) < 4.78 is 7.76. The summed E-state index contributed by atoms with van der Waals surface area (Å²) in [6.45, 7) is 0. The van der Waals surface area contributed by atoms with Crippen LogP contribution in [0.15, 0.2) is 84.9 Å². The quantitative estimate of drug-likeness (QED) is 0.581. The minimum atomic E-state index is 0.542. The van der Waals surface area contributed by atoms with Gasteiger partial charge in [-0.3, -0.25) is 0 Å². The van der Waals surface area contributed by atoms with Gasteiger partial charge in [0.25, 0.3) is 0 Å². The minimum Gasteiger partial charge on any atom is -0.0622 e. The van der Waals surface area contributed by atoms with Gasteiger partial charge in [-0.05, 0) is 22.3 Å². The third-order valence-corrected chi connectivity index (χ3v) is 3.03. The van der Waals surface area contributed by atoms with Gasteiger partial charge in [0.15, 0.2) is 0 Å². The zero-order valence-corrected chi connectivity index (χ0v) is 10.0. The van der Waals surface area contributed by atoms with Gasteiger partial charge in [0, 0.05) is 0 Å². The molecule has 0 unspecified atom stereocenters. The summed E-state index contributed by atoms with van der Waals surface area (Å²) >= 11 is 0. The van der Waals surface area contributed by atoms with Crippen LogP contribution < -0.4 is 0 Å². The fourth-order valence-corrected chi connectivity index (χ4v) is 2.17. The Labute approximate surface area is 109 Å². The molecule has 0 aliphatic carbocycles. The maximum absolute atomic E-state index is 7.76. The van der Waals surface area contributed by atoms with E-state index in [-0.39, 0.29) is 0 Å². The second-order valence-electron chi connectivity index (χ2n) is 4.20. The zero-order valence-electron chi connectivity index (χ0n) is 11.0. The Morgan fingerprint density at radius 2 is 1.00 bits per heavy atom. The van der Waals surface area contributed by atoms with Crippen molar-refractivity contribution < 1.29 is 1.37 Å². The highest BCUT2D eigenvalue weighted by Crippen LogP contribution is 2.31. The van der Waals surface area contributed by atoms with Crippen molar-refractivity contribution in [2.45, 2.75) is 0 Å². The largest absolute Gasteiger partial charge is 0.0623 e. The van der Waals surface area contributed by atoms with E-state index in [2.05, 4.69) is 36.4 Å². The number of hydrogen-bond donors (Lipinski definition) is 0. The third kappa shape index (κ3) is 2.05. The molecule has 0 atom stereocenters. The molecule has 0 saturated heterocycles. The molecule has 3 aromatic carbocycles. The van der Waals surface area contributed by atoms with Crippen molar-refractivity contribution in [3.63, 3.8) is 0 Å². The summed E-state index contributed by atoms with van der Waals surface area (Å²) in [7, 11) is 0. The highest BCUT2D eigenvalue weighted by molar-refractivity contribution is 5.83. The number of hydrogen-bond acceptors (Lipinski definition) is 0. The molecule has 0 radical (unpaired) electrons. The van der Waals surface area contributed by atoms with Crippen LogP contribution in [0.25, 0.3) is 22.3 Å². The Balaban J connectivity index is 2.18. The SMILES string of the molecule is [2H]c1cccc(-c2ccccc2-c2ccccc2)c1. The average Bonchev–Trinajstić information content (AvgIpc) is 2.48. The second kappa shape index (κ2) is 4.89. The molecule has 0 nitrogen and oxygen atoms in total. The molecular weight excluding hydrogens is 216 g/mol.